The molecular weight excluding hydrogens is 370 g/mol. The molecule has 29 heavy (non-hydrogen) atoms. The first-order valence-corrected chi connectivity index (χ1v) is 9.90. The first-order valence-electron chi connectivity index (χ1n) is 9.90. The molecular formula is C20H25N7O2. The zero-order valence-corrected chi connectivity index (χ0v) is 16.7. The maximum absolute atomic E-state index is 12.6. The van der Waals surface area contributed by atoms with Crippen LogP contribution in [0.4, 0.5) is 5.82 Å². The highest BCUT2D eigenvalue weighted by molar-refractivity contribution is 5.89. The van der Waals surface area contributed by atoms with Crippen molar-refractivity contribution in [3.63, 3.8) is 0 Å². The highest BCUT2D eigenvalue weighted by Crippen LogP contribution is 2.30. The Balaban J connectivity index is 1.42. The highest BCUT2D eigenvalue weighted by atomic mass is 16.5. The second kappa shape index (κ2) is 8.42. The Morgan fingerprint density at radius 2 is 1.93 bits per heavy atom. The van der Waals surface area contributed by atoms with E-state index in [4.69, 9.17) is 4.74 Å². The third-order valence-corrected chi connectivity index (χ3v) is 5.13. The number of aromatic nitrogens is 6. The molecule has 0 radical (unpaired) electrons. The second-order valence-corrected chi connectivity index (χ2v) is 7.33. The van der Waals surface area contributed by atoms with Crippen LogP contribution >= 0.6 is 0 Å². The van der Waals surface area contributed by atoms with Crippen LogP contribution in [-0.4, -0.2) is 43.0 Å². The summed E-state index contributed by atoms with van der Waals surface area (Å²) in [7, 11) is 1.61. The van der Waals surface area contributed by atoms with Crippen molar-refractivity contribution in [1.82, 2.24) is 30.0 Å². The Hall–Kier alpha value is -3.23. The molecule has 0 spiro atoms. The molecule has 1 saturated carbocycles. The van der Waals surface area contributed by atoms with Gasteiger partial charge in [0.25, 0.3) is 0 Å². The fourth-order valence-corrected chi connectivity index (χ4v) is 3.69. The summed E-state index contributed by atoms with van der Waals surface area (Å²) in [6.45, 7) is 1.92. The average Bonchev–Trinajstić information content (AvgIpc) is 3.35. The number of tetrazole rings is 1. The predicted molar refractivity (Wildman–Crippen MR) is 108 cm³/mol. The lowest BCUT2D eigenvalue weighted by Crippen LogP contribution is -2.24. The van der Waals surface area contributed by atoms with Crippen LogP contribution in [0.15, 0.2) is 30.3 Å². The minimum atomic E-state index is -0.208. The van der Waals surface area contributed by atoms with Crippen molar-refractivity contribution in [2.45, 2.75) is 51.6 Å². The molecule has 152 valence electrons. The molecule has 0 saturated heterocycles. The molecule has 9 nitrogen and oxygen atoms in total. The number of anilines is 1. The molecule has 1 fully saturated rings. The summed E-state index contributed by atoms with van der Waals surface area (Å²) in [5.41, 5.74) is 1.70. The first kappa shape index (κ1) is 19.1. The summed E-state index contributed by atoms with van der Waals surface area (Å²) in [6.07, 6.45) is 5.87. The van der Waals surface area contributed by atoms with Crippen molar-refractivity contribution in [2.24, 2.45) is 0 Å². The van der Waals surface area contributed by atoms with Gasteiger partial charge in [0.1, 0.15) is 18.1 Å². The first-order chi connectivity index (χ1) is 14.1. The lowest BCUT2D eigenvalue weighted by atomic mass is 9.96. The number of carbonyl (C=O) groups is 1. The summed E-state index contributed by atoms with van der Waals surface area (Å²) in [5, 5.41) is 19.9. The van der Waals surface area contributed by atoms with Gasteiger partial charge in [-0.05, 0) is 49.2 Å². The monoisotopic (exact) mass is 395 g/mol. The summed E-state index contributed by atoms with van der Waals surface area (Å²) in [6, 6.07) is 9.62. The van der Waals surface area contributed by atoms with Crippen molar-refractivity contribution in [3.8, 4) is 17.1 Å². The fraction of sp³-hybridized carbons (Fsp3) is 0.450. The van der Waals surface area contributed by atoms with Crippen molar-refractivity contribution in [2.75, 3.05) is 12.4 Å². The standard InChI is InChI=1S/C20H25N7O2/c1-14-12-18(27(23-14)16-6-4-3-5-7-16)21-19(28)13-26-24-20(22-25-26)15-8-10-17(29-2)11-9-15/h8-12,16H,3-7,13H2,1-2H3,(H,21,28). The maximum Gasteiger partial charge on any atom is 0.249 e. The van der Waals surface area contributed by atoms with Gasteiger partial charge >= 0.3 is 0 Å². The number of nitrogens with one attached hydrogen (secondary N) is 1. The Bertz CT molecular complexity index is 971. The Morgan fingerprint density at radius 3 is 2.66 bits per heavy atom. The number of amides is 1. The SMILES string of the molecule is COc1ccc(-c2nnn(CC(=O)Nc3cc(C)nn3C3CCCCC3)n2)cc1. The van der Waals surface area contributed by atoms with Crippen LogP contribution in [0.3, 0.4) is 0 Å². The number of nitrogens with zero attached hydrogens (tertiary/aromatic N) is 6. The number of hydrogen-bond donors (Lipinski definition) is 1. The Kier molecular flexibility index (Phi) is 5.55. The smallest absolute Gasteiger partial charge is 0.249 e. The van der Waals surface area contributed by atoms with Gasteiger partial charge in [-0.2, -0.15) is 9.90 Å². The molecule has 9 heteroatoms. The number of hydrogen-bond acceptors (Lipinski definition) is 6. The Labute approximate surface area is 169 Å². The van der Waals surface area contributed by atoms with E-state index in [2.05, 4.69) is 25.8 Å². The molecule has 1 aliphatic carbocycles. The summed E-state index contributed by atoms with van der Waals surface area (Å²) in [5.74, 6) is 1.74. The van der Waals surface area contributed by atoms with Gasteiger partial charge in [-0.1, -0.05) is 19.3 Å². The zero-order chi connectivity index (χ0) is 20.2. The zero-order valence-electron chi connectivity index (χ0n) is 16.7. The molecule has 2 aromatic heterocycles. The third kappa shape index (κ3) is 4.44. The van der Waals surface area contributed by atoms with Gasteiger partial charge in [-0.15, -0.1) is 10.2 Å². The van der Waals surface area contributed by atoms with E-state index in [0.29, 0.717) is 11.9 Å². The molecule has 1 N–H and O–H groups in total. The lowest BCUT2D eigenvalue weighted by molar-refractivity contribution is -0.117. The molecule has 0 unspecified atom stereocenters. The maximum atomic E-state index is 12.6. The van der Waals surface area contributed by atoms with Crippen LogP contribution < -0.4 is 10.1 Å². The van der Waals surface area contributed by atoms with Crippen LogP contribution in [0.1, 0.15) is 43.8 Å². The van der Waals surface area contributed by atoms with E-state index in [9.17, 15) is 4.79 Å². The third-order valence-electron chi connectivity index (χ3n) is 5.13. The van der Waals surface area contributed by atoms with E-state index in [0.717, 1.165) is 35.7 Å². The van der Waals surface area contributed by atoms with Crippen LogP contribution in [0, 0.1) is 6.92 Å². The van der Waals surface area contributed by atoms with Crippen LogP contribution in [0.2, 0.25) is 0 Å². The minimum absolute atomic E-state index is 0.0158. The van der Waals surface area contributed by atoms with E-state index >= 15 is 0 Å². The van der Waals surface area contributed by atoms with Gasteiger partial charge in [0.05, 0.1) is 18.8 Å². The van der Waals surface area contributed by atoms with E-state index in [1.54, 1.807) is 7.11 Å². The van der Waals surface area contributed by atoms with Gasteiger partial charge in [-0.25, -0.2) is 4.68 Å². The van der Waals surface area contributed by atoms with Crippen molar-refractivity contribution >= 4 is 11.7 Å². The minimum Gasteiger partial charge on any atom is -0.497 e. The molecule has 0 aliphatic heterocycles. The molecule has 0 bridgehead atoms. The molecule has 1 aromatic carbocycles. The van der Waals surface area contributed by atoms with E-state index < -0.39 is 0 Å². The predicted octanol–water partition coefficient (Wildman–Crippen LogP) is 3.00. The van der Waals surface area contributed by atoms with Gasteiger partial charge in [0.2, 0.25) is 11.7 Å². The quantitative estimate of drug-likeness (QED) is 0.689. The number of ether oxygens (including phenoxy) is 1. The normalized spacial score (nSPS) is 14.7. The van der Waals surface area contributed by atoms with Gasteiger partial charge < -0.3 is 10.1 Å². The number of rotatable bonds is 6. The largest absolute Gasteiger partial charge is 0.497 e. The molecule has 1 aliphatic rings. The molecule has 3 aromatic rings. The summed E-state index contributed by atoms with van der Waals surface area (Å²) in [4.78, 5) is 13.9. The van der Waals surface area contributed by atoms with Crippen molar-refractivity contribution in [3.05, 3.63) is 36.0 Å². The van der Waals surface area contributed by atoms with E-state index in [-0.39, 0.29) is 12.5 Å². The van der Waals surface area contributed by atoms with Crippen LogP contribution in [0.5, 0.6) is 5.75 Å². The van der Waals surface area contributed by atoms with Crippen molar-refractivity contribution in [1.29, 1.82) is 0 Å². The average molecular weight is 395 g/mol. The van der Waals surface area contributed by atoms with Gasteiger partial charge in [0, 0.05) is 11.6 Å². The summed E-state index contributed by atoms with van der Waals surface area (Å²) >= 11 is 0. The van der Waals surface area contributed by atoms with Crippen LogP contribution in [-0.2, 0) is 11.3 Å². The molecule has 4 rings (SSSR count). The molecule has 0 atom stereocenters. The van der Waals surface area contributed by atoms with Gasteiger partial charge in [0.15, 0.2) is 0 Å². The Morgan fingerprint density at radius 1 is 1.17 bits per heavy atom. The molecule has 1 amide bonds. The number of benzene rings is 1. The second-order valence-electron chi connectivity index (χ2n) is 7.33. The van der Waals surface area contributed by atoms with E-state index in [1.165, 1.54) is 24.1 Å². The van der Waals surface area contributed by atoms with Gasteiger partial charge in [-0.3, -0.25) is 4.79 Å². The topological polar surface area (TPSA) is 99.8 Å². The number of aryl methyl sites for hydroxylation is 1. The summed E-state index contributed by atoms with van der Waals surface area (Å²) < 4.78 is 7.12. The van der Waals surface area contributed by atoms with E-state index in [1.807, 2.05) is 41.9 Å². The highest BCUT2D eigenvalue weighted by Gasteiger charge is 2.20. The lowest BCUT2D eigenvalue weighted by Gasteiger charge is -2.23. The molecule has 2 heterocycles. The number of carbonyl (C=O) groups excluding carboxylic acids is 1. The van der Waals surface area contributed by atoms with Crippen LogP contribution in [0.25, 0.3) is 11.4 Å². The number of methoxy groups -OCH3 is 1. The fourth-order valence-electron chi connectivity index (χ4n) is 3.69. The van der Waals surface area contributed by atoms with Crippen molar-refractivity contribution < 1.29 is 9.53 Å².